The summed E-state index contributed by atoms with van der Waals surface area (Å²) in [6.07, 6.45) is -0.305. The molecule has 120 valence electrons. The molecule has 1 atom stereocenters. The van der Waals surface area contributed by atoms with Gasteiger partial charge in [0.25, 0.3) is 0 Å². The summed E-state index contributed by atoms with van der Waals surface area (Å²) in [5.41, 5.74) is -0.555. The van der Waals surface area contributed by atoms with E-state index in [4.69, 9.17) is 9.47 Å². The third-order valence-electron chi connectivity index (χ3n) is 3.36. The van der Waals surface area contributed by atoms with Crippen LogP contribution in [0.4, 0.5) is 0 Å². The average Bonchev–Trinajstić information content (AvgIpc) is 2.55. The highest BCUT2D eigenvalue weighted by molar-refractivity contribution is 5.93. The van der Waals surface area contributed by atoms with Crippen molar-refractivity contribution >= 4 is 11.9 Å². The van der Waals surface area contributed by atoms with E-state index < -0.39 is 17.5 Å². The second kappa shape index (κ2) is 7.09. The van der Waals surface area contributed by atoms with Crippen molar-refractivity contribution in [1.29, 1.82) is 0 Å². The molecule has 0 bridgehead atoms. The smallest absolute Gasteiger partial charge is 0.355 e. The number of esters is 2. The summed E-state index contributed by atoms with van der Waals surface area (Å²) in [6.45, 7) is 5.05. The SMILES string of the molecule is CC(C)OC(=O)[C@](C)(OC(=O)c1ccccc1)c1ccccc1. The zero-order valence-electron chi connectivity index (χ0n) is 13.5. The number of carbonyl (C=O) groups excluding carboxylic acids is 2. The Labute approximate surface area is 136 Å². The molecule has 0 heterocycles. The maximum atomic E-state index is 12.5. The van der Waals surface area contributed by atoms with Crippen LogP contribution in [0, 0.1) is 0 Å². The van der Waals surface area contributed by atoms with Gasteiger partial charge in [-0.25, -0.2) is 9.59 Å². The number of hydrogen-bond acceptors (Lipinski definition) is 4. The van der Waals surface area contributed by atoms with Crippen molar-refractivity contribution in [3.8, 4) is 0 Å². The van der Waals surface area contributed by atoms with Crippen LogP contribution in [-0.2, 0) is 19.9 Å². The molecule has 0 aromatic heterocycles. The minimum atomic E-state index is -1.50. The van der Waals surface area contributed by atoms with E-state index in [-0.39, 0.29) is 6.10 Å². The fourth-order valence-electron chi connectivity index (χ4n) is 2.12. The van der Waals surface area contributed by atoms with E-state index >= 15 is 0 Å². The Morgan fingerprint density at radius 2 is 1.43 bits per heavy atom. The normalized spacial score (nSPS) is 13.2. The summed E-state index contributed by atoms with van der Waals surface area (Å²) < 4.78 is 10.8. The molecule has 2 rings (SSSR count). The van der Waals surface area contributed by atoms with Gasteiger partial charge in [-0.1, -0.05) is 48.5 Å². The van der Waals surface area contributed by atoms with Gasteiger partial charge < -0.3 is 9.47 Å². The van der Waals surface area contributed by atoms with Crippen molar-refractivity contribution in [1.82, 2.24) is 0 Å². The highest BCUT2D eigenvalue weighted by Crippen LogP contribution is 2.29. The lowest BCUT2D eigenvalue weighted by Crippen LogP contribution is -2.40. The van der Waals surface area contributed by atoms with Gasteiger partial charge in [-0.05, 0) is 32.9 Å². The van der Waals surface area contributed by atoms with Gasteiger partial charge in [-0.3, -0.25) is 0 Å². The van der Waals surface area contributed by atoms with Gasteiger partial charge in [0, 0.05) is 5.56 Å². The van der Waals surface area contributed by atoms with Crippen LogP contribution < -0.4 is 0 Å². The molecule has 0 unspecified atom stereocenters. The molecule has 4 nitrogen and oxygen atoms in total. The zero-order valence-corrected chi connectivity index (χ0v) is 13.5. The third kappa shape index (κ3) is 3.97. The largest absolute Gasteiger partial charge is 0.460 e. The Morgan fingerprint density at radius 3 is 1.96 bits per heavy atom. The molecule has 0 aliphatic rings. The fraction of sp³-hybridized carbons (Fsp3) is 0.263. The van der Waals surface area contributed by atoms with Crippen LogP contribution in [0.25, 0.3) is 0 Å². The van der Waals surface area contributed by atoms with Gasteiger partial charge in [0.1, 0.15) is 0 Å². The van der Waals surface area contributed by atoms with Gasteiger partial charge >= 0.3 is 11.9 Å². The Bertz CT molecular complexity index is 664. The van der Waals surface area contributed by atoms with Crippen LogP contribution in [0.5, 0.6) is 0 Å². The second-order valence-electron chi connectivity index (χ2n) is 5.61. The molecule has 0 N–H and O–H groups in total. The summed E-state index contributed by atoms with van der Waals surface area (Å²) in [7, 11) is 0. The standard InChI is InChI=1S/C19H20O4/c1-14(2)22-18(21)19(3,16-12-8-5-9-13-16)23-17(20)15-10-6-4-7-11-15/h4-14H,1-3H3/t19-/m1/s1. The highest BCUT2D eigenvalue weighted by atomic mass is 16.6. The summed E-state index contributed by atoms with van der Waals surface area (Å²) in [6, 6.07) is 17.4. The lowest BCUT2D eigenvalue weighted by Gasteiger charge is -2.28. The van der Waals surface area contributed by atoms with Crippen LogP contribution in [0.3, 0.4) is 0 Å². The van der Waals surface area contributed by atoms with Crippen molar-refractivity contribution in [2.24, 2.45) is 0 Å². The molecule has 0 amide bonds. The Morgan fingerprint density at radius 1 is 0.913 bits per heavy atom. The quantitative estimate of drug-likeness (QED) is 0.790. The molecule has 0 aliphatic heterocycles. The first-order valence-corrected chi connectivity index (χ1v) is 7.48. The third-order valence-corrected chi connectivity index (χ3v) is 3.36. The van der Waals surface area contributed by atoms with Crippen LogP contribution in [0.2, 0.25) is 0 Å². The van der Waals surface area contributed by atoms with E-state index in [2.05, 4.69) is 0 Å². The minimum absolute atomic E-state index is 0.305. The van der Waals surface area contributed by atoms with Crippen molar-refractivity contribution in [2.45, 2.75) is 32.5 Å². The van der Waals surface area contributed by atoms with Gasteiger partial charge in [0.2, 0.25) is 5.60 Å². The van der Waals surface area contributed by atoms with Crippen molar-refractivity contribution in [3.05, 3.63) is 71.8 Å². The number of benzene rings is 2. The van der Waals surface area contributed by atoms with Crippen molar-refractivity contribution in [3.63, 3.8) is 0 Å². The minimum Gasteiger partial charge on any atom is -0.460 e. The summed E-state index contributed by atoms with van der Waals surface area (Å²) in [5, 5.41) is 0. The van der Waals surface area contributed by atoms with Crippen LogP contribution >= 0.6 is 0 Å². The van der Waals surface area contributed by atoms with Gasteiger partial charge in [-0.2, -0.15) is 0 Å². The molecule has 0 radical (unpaired) electrons. The first-order valence-electron chi connectivity index (χ1n) is 7.48. The molecule has 0 saturated carbocycles. The zero-order chi connectivity index (χ0) is 16.9. The first kappa shape index (κ1) is 16.7. The molecule has 0 saturated heterocycles. The molecule has 23 heavy (non-hydrogen) atoms. The molecule has 0 aliphatic carbocycles. The number of ether oxygens (including phenoxy) is 2. The van der Waals surface area contributed by atoms with E-state index in [1.165, 1.54) is 0 Å². The van der Waals surface area contributed by atoms with Gasteiger partial charge in [-0.15, -0.1) is 0 Å². The van der Waals surface area contributed by atoms with Gasteiger partial charge in [0.05, 0.1) is 11.7 Å². The van der Waals surface area contributed by atoms with E-state index in [0.29, 0.717) is 11.1 Å². The average molecular weight is 312 g/mol. The van der Waals surface area contributed by atoms with E-state index in [1.54, 1.807) is 75.4 Å². The molecular formula is C19H20O4. The maximum Gasteiger partial charge on any atom is 0.355 e. The molecule has 0 fully saturated rings. The molecule has 0 spiro atoms. The predicted octanol–water partition coefficient (Wildman–Crippen LogP) is 3.71. The Balaban J connectivity index is 2.34. The summed E-state index contributed by atoms with van der Waals surface area (Å²) >= 11 is 0. The highest BCUT2D eigenvalue weighted by Gasteiger charge is 2.41. The van der Waals surface area contributed by atoms with Gasteiger partial charge in [0.15, 0.2) is 0 Å². The van der Waals surface area contributed by atoms with Crippen molar-refractivity contribution < 1.29 is 19.1 Å². The monoisotopic (exact) mass is 312 g/mol. The lowest BCUT2D eigenvalue weighted by atomic mass is 9.95. The van der Waals surface area contributed by atoms with Crippen LogP contribution in [0.1, 0.15) is 36.7 Å². The molecule has 4 heteroatoms. The number of hydrogen-bond donors (Lipinski definition) is 0. The topological polar surface area (TPSA) is 52.6 Å². The first-order chi connectivity index (χ1) is 10.9. The molecule has 2 aromatic carbocycles. The number of carbonyl (C=O) groups is 2. The molecule has 2 aromatic rings. The summed E-state index contributed by atoms with van der Waals surface area (Å²) in [4.78, 5) is 24.9. The van der Waals surface area contributed by atoms with Crippen molar-refractivity contribution in [2.75, 3.05) is 0 Å². The Hall–Kier alpha value is -2.62. The predicted molar refractivity (Wildman–Crippen MR) is 86.9 cm³/mol. The summed E-state index contributed by atoms with van der Waals surface area (Å²) in [5.74, 6) is -1.17. The fourth-order valence-corrected chi connectivity index (χ4v) is 2.12. The second-order valence-corrected chi connectivity index (χ2v) is 5.61. The van der Waals surface area contributed by atoms with Crippen LogP contribution in [0.15, 0.2) is 60.7 Å². The Kier molecular flexibility index (Phi) is 5.16. The van der Waals surface area contributed by atoms with Crippen LogP contribution in [-0.4, -0.2) is 18.0 Å². The lowest BCUT2D eigenvalue weighted by molar-refractivity contribution is -0.169. The van der Waals surface area contributed by atoms with E-state index in [1.807, 2.05) is 6.07 Å². The van der Waals surface area contributed by atoms with E-state index in [0.717, 1.165) is 0 Å². The maximum absolute atomic E-state index is 12.5. The molecular weight excluding hydrogens is 292 g/mol. The number of rotatable bonds is 5. The van der Waals surface area contributed by atoms with E-state index in [9.17, 15) is 9.59 Å².